The minimum Gasteiger partial charge on any atom is -0.312 e. The predicted molar refractivity (Wildman–Crippen MR) is 64.8 cm³/mol. The van der Waals surface area contributed by atoms with E-state index in [9.17, 15) is 26.4 Å². The van der Waals surface area contributed by atoms with Crippen LogP contribution in [0.1, 0.15) is 6.42 Å². The molecule has 1 saturated heterocycles. The molecule has 9 heteroatoms. The van der Waals surface area contributed by atoms with E-state index in [0.717, 1.165) is 4.90 Å². The Bertz CT molecular complexity index is 640. The van der Waals surface area contributed by atoms with Crippen molar-refractivity contribution in [3.05, 3.63) is 29.6 Å². The topological polar surface area (TPSA) is 80.5 Å². The number of hydrogen-bond acceptors (Lipinski definition) is 3. The number of benzene rings is 1. The first-order valence-electron chi connectivity index (χ1n) is 5.63. The molecule has 0 aliphatic carbocycles. The third kappa shape index (κ3) is 3.10. The Hall–Kier alpha value is -1.61. The monoisotopic (exact) mass is 308 g/mol. The Balaban J connectivity index is 2.24. The van der Waals surface area contributed by atoms with E-state index in [1.165, 1.54) is 0 Å². The summed E-state index contributed by atoms with van der Waals surface area (Å²) in [5, 5.41) is 4.89. The van der Waals surface area contributed by atoms with Crippen LogP contribution in [0.5, 0.6) is 0 Å². The first-order valence-corrected chi connectivity index (χ1v) is 7.34. The van der Waals surface area contributed by atoms with Gasteiger partial charge < -0.3 is 4.90 Å². The minimum atomic E-state index is -3.75. The number of halogens is 3. The van der Waals surface area contributed by atoms with Crippen molar-refractivity contribution in [3.63, 3.8) is 0 Å². The molecule has 110 valence electrons. The zero-order chi connectivity index (χ0) is 15.1. The van der Waals surface area contributed by atoms with Crippen molar-refractivity contribution < 1.29 is 26.4 Å². The molecule has 0 spiro atoms. The van der Waals surface area contributed by atoms with Gasteiger partial charge in [-0.3, -0.25) is 4.79 Å². The van der Waals surface area contributed by atoms with Gasteiger partial charge in [0, 0.05) is 36.7 Å². The van der Waals surface area contributed by atoms with Crippen LogP contribution in [0.4, 0.5) is 18.9 Å². The van der Waals surface area contributed by atoms with E-state index >= 15 is 0 Å². The van der Waals surface area contributed by atoms with Crippen LogP contribution in [0.2, 0.25) is 0 Å². The van der Waals surface area contributed by atoms with Crippen LogP contribution in [0, 0.1) is 23.4 Å². The van der Waals surface area contributed by atoms with E-state index in [0.29, 0.717) is 12.1 Å². The second-order valence-electron chi connectivity index (χ2n) is 4.63. The summed E-state index contributed by atoms with van der Waals surface area (Å²) in [5.74, 6) is -5.91. The standard InChI is InChI=1S/C11H11F3N2O3S/c12-8-2-7(3-9(13)11(8)14)16-4-6(1-10(16)17)5-20(15,18)19/h2-3,6H,1,4-5H2,(H2,15,18,19). The summed E-state index contributed by atoms with van der Waals surface area (Å²) in [7, 11) is -3.75. The van der Waals surface area contributed by atoms with Gasteiger partial charge in [-0.25, -0.2) is 26.7 Å². The number of primary sulfonamides is 1. The van der Waals surface area contributed by atoms with Crippen LogP contribution in [0.3, 0.4) is 0 Å². The summed E-state index contributed by atoms with van der Waals surface area (Å²) in [6.45, 7) is -0.0419. The molecular formula is C11H11F3N2O3S. The Labute approximate surface area is 113 Å². The van der Waals surface area contributed by atoms with Crippen LogP contribution >= 0.6 is 0 Å². The van der Waals surface area contributed by atoms with Crippen LogP contribution in [-0.2, 0) is 14.8 Å². The van der Waals surface area contributed by atoms with Crippen LogP contribution in [-0.4, -0.2) is 26.6 Å². The number of anilines is 1. The molecule has 1 fully saturated rings. The normalized spacial score (nSPS) is 19.7. The van der Waals surface area contributed by atoms with Gasteiger partial charge in [0.25, 0.3) is 0 Å². The van der Waals surface area contributed by atoms with Crippen molar-refractivity contribution in [2.45, 2.75) is 6.42 Å². The summed E-state index contributed by atoms with van der Waals surface area (Å²) in [6.07, 6.45) is -0.100. The largest absolute Gasteiger partial charge is 0.312 e. The highest BCUT2D eigenvalue weighted by molar-refractivity contribution is 7.89. The summed E-state index contributed by atoms with van der Waals surface area (Å²) < 4.78 is 61.0. The number of sulfonamides is 1. The molecule has 0 radical (unpaired) electrons. The summed E-state index contributed by atoms with van der Waals surface area (Å²) in [4.78, 5) is 12.7. The lowest BCUT2D eigenvalue weighted by atomic mass is 10.1. The number of carbonyl (C=O) groups is 1. The maximum absolute atomic E-state index is 13.1. The zero-order valence-corrected chi connectivity index (χ0v) is 11.0. The SMILES string of the molecule is NS(=O)(=O)CC1CC(=O)N(c2cc(F)c(F)c(F)c2)C1. The van der Waals surface area contributed by atoms with E-state index < -0.39 is 45.1 Å². The fourth-order valence-corrected chi connectivity index (χ4v) is 3.05. The van der Waals surface area contributed by atoms with Gasteiger partial charge in [-0.15, -0.1) is 0 Å². The number of nitrogens with zero attached hydrogens (tertiary/aromatic N) is 1. The molecule has 1 aromatic rings. The number of hydrogen-bond donors (Lipinski definition) is 1. The van der Waals surface area contributed by atoms with Crippen molar-refractivity contribution >= 4 is 21.6 Å². The summed E-state index contributed by atoms with van der Waals surface area (Å²) >= 11 is 0. The minimum absolute atomic E-state index is 0.0419. The van der Waals surface area contributed by atoms with Gasteiger partial charge in [-0.2, -0.15) is 0 Å². The highest BCUT2D eigenvalue weighted by atomic mass is 32.2. The fourth-order valence-electron chi connectivity index (χ4n) is 2.17. The Morgan fingerprint density at radius 2 is 1.80 bits per heavy atom. The Morgan fingerprint density at radius 3 is 2.30 bits per heavy atom. The quantitative estimate of drug-likeness (QED) is 0.837. The molecule has 1 aromatic carbocycles. The van der Waals surface area contributed by atoms with Gasteiger partial charge in [0.1, 0.15) is 0 Å². The molecule has 0 aromatic heterocycles. The first kappa shape index (κ1) is 14.8. The Morgan fingerprint density at radius 1 is 1.25 bits per heavy atom. The highest BCUT2D eigenvalue weighted by Crippen LogP contribution is 2.28. The third-order valence-electron chi connectivity index (χ3n) is 2.95. The van der Waals surface area contributed by atoms with Gasteiger partial charge in [0.2, 0.25) is 15.9 Å². The lowest BCUT2D eigenvalue weighted by molar-refractivity contribution is -0.117. The molecule has 20 heavy (non-hydrogen) atoms. The third-order valence-corrected chi connectivity index (χ3v) is 3.89. The van der Waals surface area contributed by atoms with Crippen molar-refractivity contribution in [2.24, 2.45) is 11.1 Å². The molecule has 2 N–H and O–H groups in total. The number of amides is 1. The van der Waals surface area contributed by atoms with Crippen LogP contribution in [0.25, 0.3) is 0 Å². The molecule has 1 aliphatic rings. The predicted octanol–water partition coefficient (Wildman–Crippen LogP) is 0.745. The molecule has 0 saturated carbocycles. The lowest BCUT2D eigenvalue weighted by Crippen LogP contribution is -2.27. The van der Waals surface area contributed by atoms with Crippen molar-refractivity contribution in [2.75, 3.05) is 17.2 Å². The lowest BCUT2D eigenvalue weighted by Gasteiger charge is -2.17. The fraction of sp³-hybridized carbons (Fsp3) is 0.364. The van der Waals surface area contributed by atoms with E-state index in [2.05, 4.69) is 0 Å². The van der Waals surface area contributed by atoms with Gasteiger partial charge in [0.05, 0.1) is 5.75 Å². The molecule has 1 heterocycles. The van der Waals surface area contributed by atoms with Crippen molar-refractivity contribution in [1.82, 2.24) is 0 Å². The van der Waals surface area contributed by atoms with Gasteiger partial charge in [-0.1, -0.05) is 0 Å². The second-order valence-corrected chi connectivity index (χ2v) is 6.29. The average molecular weight is 308 g/mol. The molecule has 0 bridgehead atoms. The van der Waals surface area contributed by atoms with Gasteiger partial charge in [-0.05, 0) is 0 Å². The van der Waals surface area contributed by atoms with Crippen molar-refractivity contribution in [1.29, 1.82) is 0 Å². The highest BCUT2D eigenvalue weighted by Gasteiger charge is 2.33. The molecule has 1 atom stereocenters. The van der Waals surface area contributed by atoms with Gasteiger partial charge >= 0.3 is 0 Å². The maximum atomic E-state index is 13.1. The summed E-state index contributed by atoms with van der Waals surface area (Å²) in [5.41, 5.74) is -0.150. The molecule has 1 amide bonds. The van der Waals surface area contributed by atoms with Gasteiger partial charge in [0.15, 0.2) is 17.5 Å². The van der Waals surface area contributed by atoms with E-state index in [-0.39, 0.29) is 18.7 Å². The van der Waals surface area contributed by atoms with E-state index in [4.69, 9.17) is 5.14 Å². The second kappa shape index (κ2) is 5.06. The molecule has 1 unspecified atom stereocenters. The molecule has 5 nitrogen and oxygen atoms in total. The average Bonchev–Trinajstić information content (AvgIpc) is 2.63. The number of rotatable bonds is 3. The summed E-state index contributed by atoms with van der Waals surface area (Å²) in [6, 6.07) is 1.38. The van der Waals surface area contributed by atoms with E-state index in [1.54, 1.807) is 0 Å². The maximum Gasteiger partial charge on any atom is 0.227 e. The number of carbonyl (C=O) groups excluding carboxylic acids is 1. The van der Waals surface area contributed by atoms with Crippen LogP contribution < -0.4 is 10.0 Å². The smallest absolute Gasteiger partial charge is 0.227 e. The van der Waals surface area contributed by atoms with Crippen LogP contribution in [0.15, 0.2) is 12.1 Å². The Kier molecular flexibility index (Phi) is 3.74. The first-order chi connectivity index (χ1) is 9.17. The molecule has 1 aliphatic heterocycles. The molecular weight excluding hydrogens is 297 g/mol. The number of nitrogens with two attached hydrogens (primary N) is 1. The zero-order valence-electron chi connectivity index (χ0n) is 10.1. The van der Waals surface area contributed by atoms with Crippen molar-refractivity contribution in [3.8, 4) is 0 Å². The van der Waals surface area contributed by atoms with E-state index in [1.807, 2.05) is 0 Å². The molecule has 2 rings (SSSR count).